The molecule has 2 aromatic rings. The van der Waals surface area contributed by atoms with Crippen LogP contribution < -0.4 is 19.6 Å². The summed E-state index contributed by atoms with van der Waals surface area (Å²) in [6, 6.07) is 17.2. The van der Waals surface area contributed by atoms with Crippen LogP contribution in [0.15, 0.2) is 48.5 Å². The molecule has 8 nitrogen and oxygen atoms in total. The topological polar surface area (TPSA) is 49.9 Å². The van der Waals surface area contributed by atoms with Crippen LogP contribution in [0.4, 0.5) is 22.7 Å². The Balaban J connectivity index is 1.51. The summed E-state index contributed by atoms with van der Waals surface area (Å²) in [6.07, 6.45) is 0. The Morgan fingerprint density at radius 1 is 0.444 bits per heavy atom. The molecule has 2 aromatic carbocycles. The molecule has 0 N–H and O–H groups in total. The molecule has 0 aliphatic carbocycles. The summed E-state index contributed by atoms with van der Waals surface area (Å²) in [5, 5.41) is 0. The highest BCUT2D eigenvalue weighted by atomic mass is 16.5. The van der Waals surface area contributed by atoms with E-state index < -0.39 is 0 Å². The van der Waals surface area contributed by atoms with Gasteiger partial charge in [-0.15, -0.1) is 0 Å². The van der Waals surface area contributed by atoms with E-state index in [0.717, 1.165) is 26.2 Å². The van der Waals surface area contributed by atoms with Gasteiger partial charge in [0.2, 0.25) is 0 Å². The van der Waals surface area contributed by atoms with Gasteiger partial charge >= 0.3 is 0 Å². The Morgan fingerprint density at radius 2 is 0.722 bits per heavy atom. The van der Waals surface area contributed by atoms with Crippen molar-refractivity contribution in [3.05, 3.63) is 48.5 Å². The quantitative estimate of drug-likeness (QED) is 0.635. The molecule has 0 radical (unpaired) electrons. The van der Waals surface area contributed by atoms with E-state index in [9.17, 15) is 0 Å². The van der Waals surface area contributed by atoms with Gasteiger partial charge in [-0.25, -0.2) is 0 Å². The summed E-state index contributed by atoms with van der Waals surface area (Å²) in [7, 11) is 8.21. The lowest BCUT2D eigenvalue weighted by Gasteiger charge is -2.26. The van der Waals surface area contributed by atoms with Gasteiger partial charge in [0.25, 0.3) is 0 Å². The van der Waals surface area contributed by atoms with Gasteiger partial charge in [-0.05, 0) is 48.5 Å². The Bertz CT molecular complexity index is 754. The van der Waals surface area contributed by atoms with Crippen LogP contribution in [0.5, 0.6) is 0 Å². The van der Waals surface area contributed by atoms with Crippen LogP contribution in [0.1, 0.15) is 0 Å². The van der Waals surface area contributed by atoms with Gasteiger partial charge in [-0.1, -0.05) is 0 Å². The molecule has 1 aliphatic rings. The Hall–Kier alpha value is -2.52. The molecule has 0 amide bonds. The Kier molecular flexibility index (Phi) is 12.1. The molecule has 1 heterocycles. The fraction of sp³-hybridized carbons (Fsp3) is 0.571. The van der Waals surface area contributed by atoms with E-state index in [2.05, 4.69) is 96.3 Å². The summed E-state index contributed by atoms with van der Waals surface area (Å²) < 4.78 is 23.5. The fourth-order valence-electron chi connectivity index (χ4n) is 4.01. The van der Waals surface area contributed by atoms with Crippen molar-refractivity contribution in [1.29, 1.82) is 0 Å². The summed E-state index contributed by atoms with van der Waals surface area (Å²) >= 11 is 0. The molecule has 36 heavy (non-hydrogen) atoms. The highest BCUT2D eigenvalue weighted by molar-refractivity contribution is 5.56. The minimum absolute atomic E-state index is 0.588. The Morgan fingerprint density at radius 3 is 0.972 bits per heavy atom. The lowest BCUT2D eigenvalue weighted by atomic mass is 10.2. The third-order valence-electron chi connectivity index (χ3n) is 6.23. The molecular formula is C28H44N4O4. The number of hydrogen-bond acceptors (Lipinski definition) is 8. The van der Waals surface area contributed by atoms with Crippen LogP contribution in [0.3, 0.4) is 0 Å². The van der Waals surface area contributed by atoms with Gasteiger partial charge in [0.05, 0.1) is 52.9 Å². The lowest BCUT2D eigenvalue weighted by Crippen LogP contribution is -2.33. The van der Waals surface area contributed by atoms with Gasteiger partial charge < -0.3 is 38.5 Å². The van der Waals surface area contributed by atoms with Gasteiger partial charge in [-0.2, -0.15) is 0 Å². The molecule has 0 unspecified atom stereocenters. The van der Waals surface area contributed by atoms with Crippen LogP contribution in [0.25, 0.3) is 0 Å². The Labute approximate surface area is 217 Å². The average molecular weight is 501 g/mol. The zero-order valence-corrected chi connectivity index (χ0v) is 22.5. The molecule has 200 valence electrons. The van der Waals surface area contributed by atoms with E-state index in [0.29, 0.717) is 52.9 Å². The normalized spacial score (nSPS) is 17.8. The van der Waals surface area contributed by atoms with Crippen LogP contribution >= 0.6 is 0 Å². The van der Waals surface area contributed by atoms with Crippen molar-refractivity contribution in [2.45, 2.75) is 0 Å². The fourth-order valence-corrected chi connectivity index (χ4v) is 4.01. The summed E-state index contributed by atoms with van der Waals surface area (Å²) in [6.45, 7) is 8.15. The number of nitrogens with zero attached hydrogens (tertiary/aromatic N) is 4. The number of hydrogen-bond donors (Lipinski definition) is 0. The first-order valence-electron chi connectivity index (χ1n) is 12.9. The average Bonchev–Trinajstić information content (AvgIpc) is 2.88. The van der Waals surface area contributed by atoms with Gasteiger partial charge in [0.15, 0.2) is 0 Å². The highest BCUT2D eigenvalue weighted by Gasteiger charge is 2.10. The molecule has 3 rings (SSSR count). The van der Waals surface area contributed by atoms with Crippen LogP contribution in [0.2, 0.25) is 0 Å². The number of benzene rings is 2. The first-order chi connectivity index (χ1) is 17.5. The zero-order valence-electron chi connectivity index (χ0n) is 22.5. The molecule has 0 atom stereocenters. The number of rotatable bonds is 4. The van der Waals surface area contributed by atoms with Crippen LogP contribution in [0, 0.1) is 0 Å². The van der Waals surface area contributed by atoms with Gasteiger partial charge in [-0.3, -0.25) is 0 Å². The van der Waals surface area contributed by atoms with E-state index in [1.54, 1.807) is 0 Å². The molecule has 0 bridgehead atoms. The molecule has 1 aliphatic heterocycles. The second kappa shape index (κ2) is 15.6. The monoisotopic (exact) mass is 500 g/mol. The summed E-state index contributed by atoms with van der Waals surface area (Å²) in [4.78, 5) is 8.83. The molecule has 1 saturated heterocycles. The number of ether oxygens (including phenoxy) is 4. The van der Waals surface area contributed by atoms with Gasteiger partial charge in [0.1, 0.15) is 0 Å². The van der Waals surface area contributed by atoms with Crippen LogP contribution in [-0.4, -0.2) is 107 Å². The maximum atomic E-state index is 5.89. The maximum Gasteiger partial charge on any atom is 0.0701 e. The lowest BCUT2D eigenvalue weighted by molar-refractivity contribution is 0.0436. The zero-order chi connectivity index (χ0) is 25.6. The minimum atomic E-state index is 0.588. The van der Waals surface area contributed by atoms with E-state index in [4.69, 9.17) is 18.9 Å². The van der Waals surface area contributed by atoms with Crippen molar-refractivity contribution < 1.29 is 18.9 Å². The highest BCUT2D eigenvalue weighted by Crippen LogP contribution is 2.20. The van der Waals surface area contributed by atoms with Crippen molar-refractivity contribution in [2.75, 3.05) is 127 Å². The second-order valence-electron chi connectivity index (χ2n) is 9.25. The predicted molar refractivity (Wildman–Crippen MR) is 149 cm³/mol. The standard InChI is InChI=1S/C28H44N4O4/c1-29(2)25-5-9-27(10-6-25)31-13-17-33-21-23-35-19-15-32(16-20-36-24-22-34-18-14-31)28-11-7-26(8-12-28)30(3)4/h5-12H,13-24H2,1-4H3. The molecule has 8 heteroatoms. The largest absolute Gasteiger partial charge is 0.378 e. The number of anilines is 4. The van der Waals surface area contributed by atoms with Crippen molar-refractivity contribution in [1.82, 2.24) is 0 Å². The summed E-state index contributed by atoms with van der Waals surface area (Å²) in [5.74, 6) is 0. The molecule has 0 aromatic heterocycles. The molecular weight excluding hydrogens is 456 g/mol. The molecule has 0 spiro atoms. The predicted octanol–water partition coefficient (Wildman–Crippen LogP) is 3.21. The third kappa shape index (κ3) is 9.50. The van der Waals surface area contributed by atoms with Gasteiger partial charge in [0, 0.05) is 77.1 Å². The molecule has 1 fully saturated rings. The van der Waals surface area contributed by atoms with E-state index >= 15 is 0 Å². The van der Waals surface area contributed by atoms with Crippen molar-refractivity contribution in [2.24, 2.45) is 0 Å². The smallest absolute Gasteiger partial charge is 0.0701 e. The van der Waals surface area contributed by atoms with Crippen molar-refractivity contribution in [3.8, 4) is 0 Å². The first-order valence-corrected chi connectivity index (χ1v) is 12.9. The van der Waals surface area contributed by atoms with Crippen molar-refractivity contribution >= 4 is 22.7 Å². The minimum Gasteiger partial charge on any atom is -0.378 e. The van der Waals surface area contributed by atoms with E-state index in [1.165, 1.54) is 22.7 Å². The first kappa shape index (κ1) is 28.1. The SMILES string of the molecule is CN(C)c1ccc(N2CCOCCOCCN(c3ccc(N(C)C)cc3)CCOCCOCC2)cc1. The summed E-state index contributed by atoms with van der Waals surface area (Å²) in [5.41, 5.74) is 4.72. The second-order valence-corrected chi connectivity index (χ2v) is 9.25. The maximum absolute atomic E-state index is 5.89. The third-order valence-corrected chi connectivity index (χ3v) is 6.23. The molecule has 0 saturated carbocycles. The van der Waals surface area contributed by atoms with Crippen molar-refractivity contribution in [3.63, 3.8) is 0 Å². The van der Waals surface area contributed by atoms with E-state index in [1.807, 2.05) is 0 Å². The van der Waals surface area contributed by atoms with E-state index in [-0.39, 0.29) is 0 Å². The van der Waals surface area contributed by atoms with Crippen LogP contribution in [-0.2, 0) is 18.9 Å².